The van der Waals surface area contributed by atoms with Gasteiger partial charge in [-0.2, -0.15) is 4.98 Å². The zero-order valence-electron chi connectivity index (χ0n) is 13.6. The fourth-order valence-electron chi connectivity index (χ4n) is 2.02. The van der Waals surface area contributed by atoms with E-state index in [2.05, 4.69) is 26.3 Å². The third-order valence-corrected chi connectivity index (χ3v) is 3.48. The number of para-hydroxylation sites is 1. The number of hydrazine groups is 1. The van der Waals surface area contributed by atoms with Crippen molar-refractivity contribution < 1.29 is 14.2 Å². The summed E-state index contributed by atoms with van der Waals surface area (Å²) in [6.45, 7) is 0. The minimum absolute atomic E-state index is 0.0659. The largest absolute Gasteiger partial charge is 0.331 e. The lowest BCUT2D eigenvalue weighted by atomic mass is 10.2. The minimum Gasteiger partial charge on any atom is -0.331 e. The van der Waals surface area contributed by atoms with Crippen LogP contribution in [-0.4, -0.2) is 26.1 Å². The molecule has 2 aromatic carbocycles. The van der Waals surface area contributed by atoms with Crippen LogP contribution in [0.25, 0.3) is 11.4 Å². The number of nitro groups is 1. The number of hydrogen-bond donors (Lipinski definition) is 3. The molecule has 11 heteroatoms. The molecule has 3 aromatic rings. The average Bonchev–Trinajstić information content (AvgIpc) is 3.17. The molecule has 136 valence electrons. The van der Waals surface area contributed by atoms with Crippen LogP contribution in [0.3, 0.4) is 0 Å². The number of carbonyl (C=O) groups is 1. The maximum absolute atomic E-state index is 12.0. The van der Waals surface area contributed by atoms with Crippen molar-refractivity contribution >= 4 is 34.6 Å². The Morgan fingerprint density at radius 2 is 1.78 bits per heavy atom. The van der Waals surface area contributed by atoms with Crippen LogP contribution in [0.5, 0.6) is 0 Å². The van der Waals surface area contributed by atoms with Crippen LogP contribution in [-0.2, 0) is 0 Å². The molecule has 10 nitrogen and oxygen atoms in total. The maximum Gasteiger partial charge on any atom is 0.328 e. The highest BCUT2D eigenvalue weighted by Gasteiger charge is 2.17. The monoisotopic (exact) mass is 384 g/mol. The van der Waals surface area contributed by atoms with E-state index in [0.29, 0.717) is 5.56 Å². The Bertz CT molecular complexity index is 974. The minimum atomic E-state index is -0.687. The predicted octanol–water partition coefficient (Wildman–Crippen LogP) is 2.28. The van der Waals surface area contributed by atoms with Crippen molar-refractivity contribution in [3.63, 3.8) is 0 Å². The molecule has 3 N–H and O–H groups in total. The van der Waals surface area contributed by atoms with Crippen molar-refractivity contribution in [1.29, 1.82) is 0 Å². The molecule has 0 bridgehead atoms. The number of anilines is 1. The molecule has 0 spiro atoms. The van der Waals surface area contributed by atoms with Crippen LogP contribution in [0.1, 0.15) is 10.7 Å². The van der Waals surface area contributed by atoms with Gasteiger partial charge in [0.1, 0.15) is 0 Å². The normalized spacial score (nSPS) is 10.1. The van der Waals surface area contributed by atoms with Gasteiger partial charge in [-0.1, -0.05) is 23.4 Å². The summed E-state index contributed by atoms with van der Waals surface area (Å²) in [6, 6.07) is 14.7. The van der Waals surface area contributed by atoms with Gasteiger partial charge >= 0.3 is 11.8 Å². The number of rotatable bonds is 4. The first-order valence-electron chi connectivity index (χ1n) is 7.54. The summed E-state index contributed by atoms with van der Waals surface area (Å²) in [7, 11) is 0. The van der Waals surface area contributed by atoms with Crippen LogP contribution in [0.15, 0.2) is 59.1 Å². The predicted molar refractivity (Wildman–Crippen MR) is 99.7 cm³/mol. The number of nitro benzene ring substituents is 1. The van der Waals surface area contributed by atoms with Crippen LogP contribution in [0, 0.1) is 10.1 Å². The highest BCUT2D eigenvalue weighted by Crippen LogP contribution is 2.19. The van der Waals surface area contributed by atoms with Gasteiger partial charge in [0.25, 0.3) is 5.69 Å². The van der Waals surface area contributed by atoms with E-state index < -0.39 is 10.8 Å². The molecule has 27 heavy (non-hydrogen) atoms. The number of aromatic nitrogens is 2. The van der Waals surface area contributed by atoms with Gasteiger partial charge < -0.3 is 9.84 Å². The highest BCUT2D eigenvalue weighted by atomic mass is 32.1. The Morgan fingerprint density at radius 3 is 2.44 bits per heavy atom. The van der Waals surface area contributed by atoms with Crippen molar-refractivity contribution in [2.45, 2.75) is 0 Å². The van der Waals surface area contributed by atoms with E-state index in [9.17, 15) is 14.9 Å². The second kappa shape index (κ2) is 8.01. The number of benzene rings is 2. The second-order valence-corrected chi connectivity index (χ2v) is 5.53. The van der Waals surface area contributed by atoms with Crippen molar-refractivity contribution in [3.8, 4) is 11.4 Å². The van der Waals surface area contributed by atoms with Gasteiger partial charge in [-0.15, -0.1) is 0 Å². The molecule has 0 aliphatic carbocycles. The zero-order chi connectivity index (χ0) is 19.2. The topological polar surface area (TPSA) is 135 Å². The number of thiocarbonyl (C=S) groups is 1. The lowest BCUT2D eigenvalue weighted by molar-refractivity contribution is -0.384. The molecule has 0 unspecified atom stereocenters. The summed E-state index contributed by atoms with van der Waals surface area (Å²) in [5.74, 6) is -0.855. The summed E-state index contributed by atoms with van der Waals surface area (Å²) in [5.41, 5.74) is 6.00. The summed E-state index contributed by atoms with van der Waals surface area (Å²) >= 11 is 5.06. The SMILES string of the molecule is O=C(NNC(=S)Nc1ccccc1)c1nc(-c2ccc([N+](=O)[O-])cc2)no1. The smallest absolute Gasteiger partial charge is 0.328 e. The highest BCUT2D eigenvalue weighted by molar-refractivity contribution is 7.80. The third kappa shape index (κ3) is 4.61. The first kappa shape index (κ1) is 17.9. The van der Waals surface area contributed by atoms with E-state index in [0.717, 1.165) is 5.69 Å². The lowest BCUT2D eigenvalue weighted by Crippen LogP contribution is -2.43. The van der Waals surface area contributed by atoms with E-state index in [1.165, 1.54) is 24.3 Å². The average molecular weight is 384 g/mol. The fraction of sp³-hybridized carbons (Fsp3) is 0. The second-order valence-electron chi connectivity index (χ2n) is 5.13. The summed E-state index contributed by atoms with van der Waals surface area (Å²) in [5, 5.41) is 17.4. The van der Waals surface area contributed by atoms with E-state index in [1.807, 2.05) is 30.3 Å². The van der Waals surface area contributed by atoms with Crippen molar-refractivity contribution in [3.05, 3.63) is 70.6 Å². The quantitative estimate of drug-likeness (QED) is 0.351. The van der Waals surface area contributed by atoms with Crippen molar-refractivity contribution in [2.75, 3.05) is 5.32 Å². The Hall–Kier alpha value is -3.86. The molecule has 0 saturated heterocycles. The van der Waals surface area contributed by atoms with Gasteiger partial charge in [0.05, 0.1) is 4.92 Å². The lowest BCUT2D eigenvalue weighted by Gasteiger charge is -2.09. The van der Waals surface area contributed by atoms with Gasteiger partial charge in [-0.25, -0.2) is 0 Å². The van der Waals surface area contributed by atoms with Crippen LogP contribution in [0.2, 0.25) is 0 Å². The van der Waals surface area contributed by atoms with Crippen molar-refractivity contribution in [2.24, 2.45) is 0 Å². The molecule has 1 heterocycles. The van der Waals surface area contributed by atoms with Crippen LogP contribution < -0.4 is 16.2 Å². The van der Waals surface area contributed by atoms with Gasteiger partial charge in [0.15, 0.2) is 5.11 Å². The molecule has 1 aromatic heterocycles. The Kier molecular flexibility index (Phi) is 5.33. The number of hydrogen-bond acceptors (Lipinski definition) is 7. The molecule has 0 aliphatic heterocycles. The summed E-state index contributed by atoms with van der Waals surface area (Å²) < 4.78 is 4.90. The molecule has 0 atom stereocenters. The molecule has 3 rings (SSSR count). The molecule has 0 saturated carbocycles. The number of amides is 1. The summed E-state index contributed by atoms with van der Waals surface area (Å²) in [6.07, 6.45) is 0. The number of carbonyl (C=O) groups excluding carboxylic acids is 1. The maximum atomic E-state index is 12.0. The Labute approximate surface area is 157 Å². The van der Waals surface area contributed by atoms with E-state index in [1.54, 1.807) is 0 Å². The molecular weight excluding hydrogens is 372 g/mol. The zero-order valence-corrected chi connectivity index (χ0v) is 14.4. The number of nitrogens with zero attached hydrogens (tertiary/aromatic N) is 3. The first-order valence-corrected chi connectivity index (χ1v) is 7.94. The molecule has 0 fully saturated rings. The summed E-state index contributed by atoms with van der Waals surface area (Å²) in [4.78, 5) is 26.1. The van der Waals surface area contributed by atoms with Gasteiger partial charge in [-0.3, -0.25) is 25.8 Å². The Morgan fingerprint density at radius 1 is 1.07 bits per heavy atom. The fourth-order valence-corrected chi connectivity index (χ4v) is 2.18. The van der Waals surface area contributed by atoms with E-state index in [-0.39, 0.29) is 22.5 Å². The van der Waals surface area contributed by atoms with Crippen LogP contribution >= 0.6 is 12.2 Å². The van der Waals surface area contributed by atoms with Gasteiger partial charge in [-0.05, 0) is 36.5 Å². The van der Waals surface area contributed by atoms with E-state index in [4.69, 9.17) is 16.7 Å². The van der Waals surface area contributed by atoms with E-state index >= 15 is 0 Å². The molecular formula is C16H12N6O4S. The Balaban J connectivity index is 1.58. The van der Waals surface area contributed by atoms with Crippen molar-refractivity contribution in [1.82, 2.24) is 21.0 Å². The van der Waals surface area contributed by atoms with Gasteiger partial charge in [0.2, 0.25) is 5.82 Å². The van der Waals surface area contributed by atoms with Gasteiger partial charge in [0, 0.05) is 23.4 Å². The third-order valence-electron chi connectivity index (χ3n) is 3.28. The molecule has 0 radical (unpaired) electrons. The van der Waals surface area contributed by atoms with Crippen LogP contribution in [0.4, 0.5) is 11.4 Å². The molecule has 1 amide bonds. The molecule has 0 aliphatic rings. The number of non-ortho nitro benzene ring substituents is 1. The standard InChI is InChI=1S/C16H12N6O4S/c23-14(19-20-16(27)17-11-4-2-1-3-5-11)15-18-13(21-26-15)10-6-8-12(9-7-10)22(24)25/h1-9H,(H,19,23)(H2,17,20,27). The number of nitrogens with one attached hydrogen (secondary N) is 3. The first-order chi connectivity index (χ1) is 13.0.